The van der Waals surface area contributed by atoms with E-state index < -0.39 is 0 Å². The van der Waals surface area contributed by atoms with Gasteiger partial charge in [0.05, 0.1) is 5.56 Å². The van der Waals surface area contributed by atoms with E-state index >= 15 is 0 Å². The van der Waals surface area contributed by atoms with E-state index in [4.69, 9.17) is 28.2 Å². The number of hydrogen-bond donors (Lipinski definition) is 0. The van der Waals surface area contributed by atoms with Crippen LogP contribution in [0.15, 0.2) is 165 Å². The molecular weight excluding hydrogens is 631 g/mol. The number of rotatable bonds is 4. The Bertz CT molecular complexity index is 3150. The van der Waals surface area contributed by atoms with Gasteiger partial charge in [0, 0.05) is 43.4 Å². The maximum atomic E-state index is 6.61. The predicted octanol–water partition coefficient (Wildman–Crippen LogP) is 12.2. The lowest BCUT2D eigenvalue weighted by Crippen LogP contribution is -2.00. The van der Waals surface area contributed by atoms with Crippen molar-refractivity contribution in [1.29, 1.82) is 0 Å². The second-order valence-corrected chi connectivity index (χ2v) is 12.8. The second-order valence-electron chi connectivity index (χ2n) is 12.8. The minimum absolute atomic E-state index is 0.531. The topological polar surface area (TPSA) is 78.1 Å². The number of furan rings is 3. The minimum Gasteiger partial charge on any atom is -0.456 e. The number of hydrogen-bond acceptors (Lipinski definition) is 6. The summed E-state index contributed by atoms with van der Waals surface area (Å²) in [6, 6.07) is 51.1. The first-order chi connectivity index (χ1) is 25.2. The highest BCUT2D eigenvalue weighted by molar-refractivity contribution is 6.13. The molecule has 0 atom stereocenters. The summed E-state index contributed by atoms with van der Waals surface area (Å²) in [5, 5.41) is 6.22. The van der Waals surface area contributed by atoms with Gasteiger partial charge in [-0.05, 0) is 59.7 Å². The number of aromatic nitrogens is 3. The van der Waals surface area contributed by atoms with Crippen molar-refractivity contribution in [2.45, 2.75) is 0 Å². The predicted molar refractivity (Wildman–Crippen MR) is 203 cm³/mol. The lowest BCUT2D eigenvalue weighted by Gasteiger charge is -2.09. The summed E-state index contributed by atoms with van der Waals surface area (Å²) in [7, 11) is 0. The van der Waals surface area contributed by atoms with Gasteiger partial charge in [-0.15, -0.1) is 0 Å². The van der Waals surface area contributed by atoms with Crippen LogP contribution in [0.25, 0.3) is 111 Å². The molecule has 0 fully saturated rings. The van der Waals surface area contributed by atoms with Crippen molar-refractivity contribution in [3.8, 4) is 45.3 Å². The fourth-order valence-corrected chi connectivity index (χ4v) is 7.35. The Hall–Kier alpha value is -7.05. The molecule has 11 rings (SSSR count). The van der Waals surface area contributed by atoms with Crippen LogP contribution < -0.4 is 0 Å². The van der Waals surface area contributed by atoms with Crippen LogP contribution in [0.2, 0.25) is 0 Å². The molecule has 0 saturated carbocycles. The molecule has 4 heterocycles. The van der Waals surface area contributed by atoms with Crippen LogP contribution in [0.3, 0.4) is 0 Å². The molecule has 0 amide bonds. The molecule has 0 aliphatic carbocycles. The monoisotopic (exact) mass is 655 g/mol. The molecule has 0 N–H and O–H groups in total. The Balaban J connectivity index is 1.10. The zero-order chi connectivity index (χ0) is 33.5. The Morgan fingerprint density at radius 1 is 0.314 bits per heavy atom. The molecule has 0 spiro atoms. The van der Waals surface area contributed by atoms with Gasteiger partial charge in [-0.3, -0.25) is 0 Å². The Morgan fingerprint density at radius 2 is 0.902 bits per heavy atom. The van der Waals surface area contributed by atoms with Crippen LogP contribution in [0.5, 0.6) is 0 Å². The molecule has 0 bridgehead atoms. The van der Waals surface area contributed by atoms with Crippen LogP contribution in [0.4, 0.5) is 0 Å². The van der Waals surface area contributed by atoms with Crippen molar-refractivity contribution in [3.63, 3.8) is 0 Å². The fraction of sp³-hybridized carbons (Fsp3) is 0. The molecule has 7 aromatic carbocycles. The Kier molecular flexibility index (Phi) is 5.86. The van der Waals surface area contributed by atoms with Crippen molar-refractivity contribution in [1.82, 2.24) is 15.0 Å². The normalized spacial score (nSPS) is 11.9. The molecule has 0 aliphatic rings. The zero-order valence-electron chi connectivity index (χ0n) is 27.0. The maximum Gasteiger partial charge on any atom is 0.167 e. The highest BCUT2D eigenvalue weighted by atomic mass is 16.3. The van der Waals surface area contributed by atoms with Gasteiger partial charge in [0.1, 0.15) is 33.5 Å². The second kappa shape index (κ2) is 10.7. The molecule has 0 radical (unpaired) electrons. The summed E-state index contributed by atoms with van der Waals surface area (Å²) in [5.41, 5.74) is 9.59. The summed E-state index contributed by atoms with van der Waals surface area (Å²) in [6.45, 7) is 0. The largest absolute Gasteiger partial charge is 0.456 e. The number of nitrogens with zero attached hydrogens (tertiary/aromatic N) is 3. The van der Waals surface area contributed by atoms with Gasteiger partial charge in [-0.1, -0.05) is 103 Å². The van der Waals surface area contributed by atoms with Gasteiger partial charge in [0.25, 0.3) is 0 Å². The average Bonchev–Trinajstić information content (AvgIpc) is 3.88. The van der Waals surface area contributed by atoms with E-state index in [1.165, 1.54) is 0 Å². The van der Waals surface area contributed by atoms with Gasteiger partial charge < -0.3 is 13.3 Å². The Morgan fingerprint density at radius 3 is 1.78 bits per heavy atom. The third-order valence-electron chi connectivity index (χ3n) is 9.76. The van der Waals surface area contributed by atoms with Crippen molar-refractivity contribution >= 4 is 65.8 Å². The third kappa shape index (κ3) is 4.33. The van der Waals surface area contributed by atoms with Crippen LogP contribution >= 0.6 is 0 Å². The maximum absolute atomic E-state index is 6.61. The molecule has 238 valence electrons. The van der Waals surface area contributed by atoms with E-state index in [-0.39, 0.29) is 0 Å². The van der Waals surface area contributed by atoms with Gasteiger partial charge in [-0.2, -0.15) is 0 Å². The summed E-state index contributed by atoms with van der Waals surface area (Å²) in [5.74, 6) is 1.67. The fourth-order valence-electron chi connectivity index (χ4n) is 7.35. The van der Waals surface area contributed by atoms with Gasteiger partial charge >= 0.3 is 0 Å². The number of fused-ring (bicyclic) bond motifs is 9. The van der Waals surface area contributed by atoms with E-state index in [9.17, 15) is 0 Å². The highest BCUT2D eigenvalue weighted by Gasteiger charge is 2.20. The summed E-state index contributed by atoms with van der Waals surface area (Å²) in [4.78, 5) is 15.2. The molecule has 6 nitrogen and oxygen atoms in total. The van der Waals surface area contributed by atoms with Gasteiger partial charge in [0.15, 0.2) is 17.5 Å². The number of para-hydroxylation sites is 3. The van der Waals surface area contributed by atoms with Crippen molar-refractivity contribution < 1.29 is 13.3 Å². The van der Waals surface area contributed by atoms with E-state index in [1.807, 2.05) is 103 Å². The van der Waals surface area contributed by atoms with Gasteiger partial charge in [-0.25, -0.2) is 15.0 Å². The summed E-state index contributed by atoms with van der Waals surface area (Å²) < 4.78 is 19.0. The van der Waals surface area contributed by atoms with Crippen molar-refractivity contribution in [3.05, 3.63) is 152 Å². The van der Waals surface area contributed by atoms with E-state index in [1.54, 1.807) is 0 Å². The molecule has 4 aromatic heterocycles. The molecule has 0 aliphatic heterocycles. The first kappa shape index (κ1) is 27.9. The van der Waals surface area contributed by atoms with Crippen LogP contribution in [0, 0.1) is 0 Å². The average molecular weight is 656 g/mol. The van der Waals surface area contributed by atoms with Gasteiger partial charge in [0.2, 0.25) is 0 Å². The molecule has 0 unspecified atom stereocenters. The minimum atomic E-state index is 0.531. The standard InChI is InChI=1S/C45H25N3O3/c1-2-10-26(11-3-1)43-46-44(33-15-9-19-39-41(33)32-13-5-7-18-37(32)49-39)48-45(47-43)34-16-8-14-31-35-24-27(21-23-38(35)51-42(31)34)28-20-22-30-29-12-4-6-17-36(29)50-40(30)25-28/h1-25H. The van der Waals surface area contributed by atoms with E-state index in [2.05, 4.69) is 48.5 Å². The molecule has 11 aromatic rings. The lowest BCUT2D eigenvalue weighted by molar-refractivity contribution is 0.668. The van der Waals surface area contributed by atoms with Crippen LogP contribution in [-0.2, 0) is 0 Å². The zero-order valence-corrected chi connectivity index (χ0v) is 27.0. The quantitative estimate of drug-likeness (QED) is 0.188. The highest BCUT2D eigenvalue weighted by Crippen LogP contribution is 2.40. The molecule has 6 heteroatoms. The molecule has 51 heavy (non-hydrogen) atoms. The van der Waals surface area contributed by atoms with E-state index in [0.717, 1.165) is 93.6 Å². The van der Waals surface area contributed by atoms with Crippen molar-refractivity contribution in [2.24, 2.45) is 0 Å². The molecule has 0 saturated heterocycles. The van der Waals surface area contributed by atoms with Crippen LogP contribution in [0.1, 0.15) is 0 Å². The van der Waals surface area contributed by atoms with E-state index in [0.29, 0.717) is 17.5 Å². The third-order valence-corrected chi connectivity index (χ3v) is 9.76. The molecular formula is C45H25N3O3. The number of benzene rings is 7. The van der Waals surface area contributed by atoms with Crippen molar-refractivity contribution in [2.75, 3.05) is 0 Å². The SMILES string of the molecule is c1ccc(-c2nc(-c3cccc4c3oc3ccc(-c5ccc6c(c5)oc5ccccc56)cc34)nc(-c3cccc4oc5ccccc5c34)n2)cc1. The Labute approximate surface area is 290 Å². The lowest BCUT2D eigenvalue weighted by atomic mass is 10.0. The summed E-state index contributed by atoms with van der Waals surface area (Å²) >= 11 is 0. The smallest absolute Gasteiger partial charge is 0.167 e. The first-order valence-electron chi connectivity index (χ1n) is 16.8. The summed E-state index contributed by atoms with van der Waals surface area (Å²) in [6.07, 6.45) is 0. The first-order valence-corrected chi connectivity index (χ1v) is 16.8. The van der Waals surface area contributed by atoms with Crippen LogP contribution in [-0.4, -0.2) is 15.0 Å².